The lowest BCUT2D eigenvalue weighted by molar-refractivity contribution is -0.120. The highest BCUT2D eigenvalue weighted by atomic mass is 32.2. The molecule has 0 aromatic heterocycles. The molecule has 0 aliphatic carbocycles. The van der Waals surface area contributed by atoms with E-state index in [4.69, 9.17) is 5.14 Å². The Kier molecular flexibility index (Phi) is 6.26. The molecule has 7 nitrogen and oxygen atoms in total. The van der Waals surface area contributed by atoms with Crippen molar-refractivity contribution >= 4 is 27.3 Å². The van der Waals surface area contributed by atoms with E-state index in [0.29, 0.717) is 0 Å². The summed E-state index contributed by atoms with van der Waals surface area (Å²) in [6.45, 7) is 9.02. The molecule has 1 fully saturated rings. The summed E-state index contributed by atoms with van der Waals surface area (Å²) in [5.41, 5.74) is 4.12. The summed E-state index contributed by atoms with van der Waals surface area (Å²) < 4.78 is 22.8. The Morgan fingerprint density at radius 2 is 1.62 bits per heavy atom. The summed E-state index contributed by atoms with van der Waals surface area (Å²) in [4.78, 5) is 17.1. The lowest BCUT2D eigenvalue weighted by Gasteiger charge is -2.38. The molecule has 3 rings (SSSR count). The van der Waals surface area contributed by atoms with Crippen molar-refractivity contribution in [1.82, 2.24) is 4.90 Å². The molecule has 29 heavy (non-hydrogen) atoms. The highest BCUT2D eigenvalue weighted by Gasteiger charge is 2.26. The number of piperazine rings is 1. The van der Waals surface area contributed by atoms with Gasteiger partial charge in [-0.2, -0.15) is 0 Å². The Balaban J connectivity index is 1.56. The van der Waals surface area contributed by atoms with Gasteiger partial charge in [0.2, 0.25) is 15.9 Å². The number of nitrogens with zero attached hydrogens (tertiary/aromatic N) is 2. The second-order valence-electron chi connectivity index (χ2n) is 7.53. The number of anilines is 2. The van der Waals surface area contributed by atoms with Gasteiger partial charge in [0.25, 0.3) is 0 Å². The minimum atomic E-state index is -3.68. The fourth-order valence-electron chi connectivity index (χ4n) is 3.45. The molecule has 0 radical (unpaired) electrons. The van der Waals surface area contributed by atoms with Gasteiger partial charge in [-0.3, -0.25) is 9.69 Å². The molecule has 8 heteroatoms. The number of benzene rings is 2. The Bertz CT molecular complexity index is 981. The van der Waals surface area contributed by atoms with Crippen molar-refractivity contribution in [2.24, 2.45) is 5.14 Å². The van der Waals surface area contributed by atoms with Crippen LogP contribution in [0.2, 0.25) is 0 Å². The zero-order chi connectivity index (χ0) is 21.2. The largest absolute Gasteiger partial charge is 0.369 e. The number of hydrogen-bond donors (Lipinski definition) is 2. The van der Waals surface area contributed by atoms with Crippen molar-refractivity contribution in [2.75, 3.05) is 36.4 Å². The molecule has 3 N–H and O–H groups in total. The van der Waals surface area contributed by atoms with Crippen LogP contribution in [0.5, 0.6) is 0 Å². The molecule has 1 heterocycles. The van der Waals surface area contributed by atoms with E-state index in [9.17, 15) is 13.2 Å². The van der Waals surface area contributed by atoms with Crippen LogP contribution in [0.3, 0.4) is 0 Å². The lowest BCUT2D eigenvalue weighted by atomic mass is 10.1. The number of nitrogens with two attached hydrogens (primary N) is 1. The minimum Gasteiger partial charge on any atom is -0.369 e. The summed E-state index contributed by atoms with van der Waals surface area (Å²) in [5, 5.41) is 8.16. The van der Waals surface area contributed by atoms with Crippen LogP contribution >= 0.6 is 0 Å². The number of nitrogens with one attached hydrogen (secondary N) is 1. The standard InChI is InChI=1S/C21H28N4O3S/c1-15-4-5-18(14-16(15)2)23-21(26)17(3)24-10-12-25(13-11-24)19-6-8-20(9-7-19)29(22,27)28/h4-9,14,17H,10-13H2,1-3H3,(H,23,26)(H2,22,27,28). The third kappa shape index (κ3) is 5.14. The Morgan fingerprint density at radius 3 is 2.17 bits per heavy atom. The van der Waals surface area contributed by atoms with E-state index in [1.165, 1.54) is 17.7 Å². The molecular weight excluding hydrogens is 388 g/mol. The first-order valence-electron chi connectivity index (χ1n) is 9.65. The van der Waals surface area contributed by atoms with Crippen LogP contribution in [-0.4, -0.2) is 51.4 Å². The van der Waals surface area contributed by atoms with Gasteiger partial charge in [0.15, 0.2) is 0 Å². The van der Waals surface area contributed by atoms with Gasteiger partial charge in [-0.1, -0.05) is 6.07 Å². The molecule has 1 aliphatic heterocycles. The topological polar surface area (TPSA) is 95.7 Å². The first-order valence-corrected chi connectivity index (χ1v) is 11.2. The van der Waals surface area contributed by atoms with Crippen molar-refractivity contribution in [2.45, 2.75) is 31.7 Å². The zero-order valence-corrected chi connectivity index (χ0v) is 17.9. The third-order valence-electron chi connectivity index (χ3n) is 5.55. The number of sulfonamides is 1. The van der Waals surface area contributed by atoms with E-state index in [-0.39, 0.29) is 16.8 Å². The summed E-state index contributed by atoms with van der Waals surface area (Å²) in [5.74, 6) is -0.0146. The first kappa shape index (κ1) is 21.3. The molecule has 1 unspecified atom stereocenters. The molecule has 1 aliphatic rings. The van der Waals surface area contributed by atoms with Gasteiger partial charge >= 0.3 is 0 Å². The number of amides is 1. The van der Waals surface area contributed by atoms with Crippen LogP contribution in [-0.2, 0) is 14.8 Å². The number of rotatable bonds is 5. The molecule has 0 bridgehead atoms. The van der Waals surface area contributed by atoms with Crippen LogP contribution in [0.1, 0.15) is 18.1 Å². The van der Waals surface area contributed by atoms with Crippen LogP contribution in [0, 0.1) is 13.8 Å². The second-order valence-corrected chi connectivity index (χ2v) is 9.09. The summed E-state index contributed by atoms with van der Waals surface area (Å²) in [6, 6.07) is 12.3. The maximum Gasteiger partial charge on any atom is 0.241 e. The predicted molar refractivity (Wildman–Crippen MR) is 116 cm³/mol. The summed E-state index contributed by atoms with van der Waals surface area (Å²) in [6.07, 6.45) is 0. The normalized spacial score (nSPS) is 16.5. The fraction of sp³-hybridized carbons (Fsp3) is 0.381. The fourth-order valence-corrected chi connectivity index (χ4v) is 3.96. The number of aryl methyl sites for hydroxylation is 2. The van der Waals surface area contributed by atoms with E-state index in [2.05, 4.69) is 15.1 Å². The van der Waals surface area contributed by atoms with Gasteiger partial charge in [0.05, 0.1) is 10.9 Å². The van der Waals surface area contributed by atoms with Gasteiger partial charge in [0.1, 0.15) is 0 Å². The third-order valence-corrected chi connectivity index (χ3v) is 6.48. The lowest BCUT2D eigenvalue weighted by Crippen LogP contribution is -2.52. The van der Waals surface area contributed by atoms with Crippen LogP contribution < -0.4 is 15.4 Å². The Labute approximate surface area is 172 Å². The molecule has 0 saturated carbocycles. The van der Waals surface area contributed by atoms with E-state index < -0.39 is 10.0 Å². The molecule has 2 aromatic carbocycles. The zero-order valence-electron chi connectivity index (χ0n) is 17.1. The van der Waals surface area contributed by atoms with Crippen molar-refractivity contribution in [1.29, 1.82) is 0 Å². The molecule has 156 valence electrons. The molecule has 0 spiro atoms. The average molecular weight is 417 g/mol. The highest BCUT2D eigenvalue weighted by Crippen LogP contribution is 2.20. The van der Waals surface area contributed by atoms with Gasteiger partial charge in [0, 0.05) is 37.6 Å². The molecule has 2 aromatic rings. The van der Waals surface area contributed by atoms with Crippen LogP contribution in [0.4, 0.5) is 11.4 Å². The summed E-state index contributed by atoms with van der Waals surface area (Å²) >= 11 is 0. The van der Waals surface area contributed by atoms with Gasteiger partial charge < -0.3 is 10.2 Å². The van der Waals surface area contributed by atoms with Gasteiger partial charge in [-0.25, -0.2) is 13.6 Å². The smallest absolute Gasteiger partial charge is 0.241 e. The summed E-state index contributed by atoms with van der Waals surface area (Å²) in [7, 11) is -3.68. The van der Waals surface area contributed by atoms with E-state index in [0.717, 1.165) is 43.1 Å². The molecule has 1 atom stereocenters. The van der Waals surface area contributed by atoms with Crippen LogP contribution in [0.25, 0.3) is 0 Å². The highest BCUT2D eigenvalue weighted by molar-refractivity contribution is 7.89. The monoisotopic (exact) mass is 416 g/mol. The van der Waals surface area contributed by atoms with Crippen LogP contribution in [0.15, 0.2) is 47.4 Å². The van der Waals surface area contributed by atoms with E-state index >= 15 is 0 Å². The first-order chi connectivity index (χ1) is 13.6. The number of hydrogen-bond acceptors (Lipinski definition) is 5. The van der Waals surface area contributed by atoms with E-state index in [1.807, 2.05) is 39.0 Å². The van der Waals surface area contributed by atoms with Gasteiger partial charge in [-0.05, 0) is 68.3 Å². The number of carbonyl (C=O) groups is 1. The molecule has 1 saturated heterocycles. The number of carbonyl (C=O) groups excluding carboxylic acids is 1. The van der Waals surface area contributed by atoms with E-state index in [1.54, 1.807) is 12.1 Å². The Hall–Kier alpha value is -2.42. The SMILES string of the molecule is Cc1ccc(NC(=O)C(C)N2CCN(c3ccc(S(N)(=O)=O)cc3)CC2)cc1C. The predicted octanol–water partition coefficient (Wildman–Crippen LogP) is 2.10. The van der Waals surface area contributed by atoms with Crippen molar-refractivity contribution < 1.29 is 13.2 Å². The van der Waals surface area contributed by atoms with Crippen molar-refractivity contribution in [3.05, 3.63) is 53.6 Å². The average Bonchev–Trinajstić information content (AvgIpc) is 2.70. The van der Waals surface area contributed by atoms with Gasteiger partial charge in [-0.15, -0.1) is 0 Å². The van der Waals surface area contributed by atoms with Crippen molar-refractivity contribution in [3.8, 4) is 0 Å². The maximum absolute atomic E-state index is 12.7. The quantitative estimate of drug-likeness (QED) is 0.778. The Morgan fingerprint density at radius 1 is 1.00 bits per heavy atom. The number of primary sulfonamides is 1. The van der Waals surface area contributed by atoms with Crippen molar-refractivity contribution in [3.63, 3.8) is 0 Å². The minimum absolute atomic E-state index is 0.0146. The second kappa shape index (κ2) is 8.52. The maximum atomic E-state index is 12.7. The molecule has 1 amide bonds. The molecular formula is C21H28N4O3S.